The summed E-state index contributed by atoms with van der Waals surface area (Å²) in [6, 6.07) is 9.22. The molecule has 0 radical (unpaired) electrons. The number of carbonyl (C=O) groups excluding carboxylic acids is 1. The van der Waals surface area contributed by atoms with Gasteiger partial charge in [0.2, 0.25) is 0 Å². The number of amides is 1. The first kappa shape index (κ1) is 15.8. The van der Waals surface area contributed by atoms with Crippen LogP contribution in [-0.4, -0.2) is 38.2 Å². The molecule has 4 rings (SSSR count). The summed E-state index contributed by atoms with van der Waals surface area (Å²) in [5.74, 6) is 0.908. The number of likely N-dealkylation sites (tertiary alicyclic amines) is 1. The number of benzene rings is 1. The molecule has 1 aromatic heterocycles. The number of aryl methyl sites for hydroxylation is 1. The number of hydrogen-bond acceptors (Lipinski definition) is 4. The largest absolute Gasteiger partial charge is 0.338 e. The average Bonchev–Trinajstić information content (AvgIpc) is 3.02. The van der Waals surface area contributed by atoms with E-state index in [1.807, 2.05) is 35.2 Å². The first-order valence-corrected chi connectivity index (χ1v) is 8.66. The van der Waals surface area contributed by atoms with Crippen LogP contribution in [0.1, 0.15) is 35.4 Å². The van der Waals surface area contributed by atoms with E-state index < -0.39 is 11.1 Å². The molecule has 0 aliphatic carbocycles. The Hall–Kier alpha value is -2.70. The van der Waals surface area contributed by atoms with Crippen LogP contribution < -0.4 is 11.1 Å². The van der Waals surface area contributed by atoms with Crippen molar-refractivity contribution in [2.24, 2.45) is 5.92 Å². The van der Waals surface area contributed by atoms with E-state index in [-0.39, 0.29) is 17.7 Å². The van der Waals surface area contributed by atoms with Gasteiger partial charge in [-0.3, -0.25) is 19.0 Å². The predicted molar refractivity (Wildman–Crippen MR) is 91.6 cm³/mol. The van der Waals surface area contributed by atoms with E-state index in [4.69, 9.17) is 0 Å². The van der Waals surface area contributed by atoms with Gasteiger partial charge in [0.05, 0.1) is 0 Å². The normalized spacial score (nSPS) is 21.7. The van der Waals surface area contributed by atoms with E-state index in [1.165, 1.54) is 9.25 Å². The Bertz CT molecular complexity index is 932. The third kappa shape index (κ3) is 2.50. The van der Waals surface area contributed by atoms with Gasteiger partial charge in [0.1, 0.15) is 5.82 Å². The molecule has 2 atom stereocenters. The van der Waals surface area contributed by atoms with Gasteiger partial charge in [0.15, 0.2) is 0 Å². The molecule has 0 bridgehead atoms. The van der Waals surface area contributed by atoms with Crippen molar-refractivity contribution in [3.8, 4) is 0 Å². The molecule has 0 saturated carbocycles. The Balaban J connectivity index is 1.66. The van der Waals surface area contributed by atoms with E-state index in [9.17, 15) is 14.4 Å². The molecule has 2 aliphatic rings. The van der Waals surface area contributed by atoms with Crippen LogP contribution >= 0.6 is 0 Å². The van der Waals surface area contributed by atoms with Crippen molar-refractivity contribution in [1.29, 1.82) is 0 Å². The molecule has 0 N–H and O–H groups in total. The highest BCUT2D eigenvalue weighted by Gasteiger charge is 2.41. The number of rotatable bonds is 2. The van der Waals surface area contributed by atoms with Crippen molar-refractivity contribution in [2.45, 2.75) is 32.4 Å². The summed E-state index contributed by atoms with van der Waals surface area (Å²) in [5.41, 5.74) is -0.396. The topological polar surface area (TPSA) is 77.2 Å². The van der Waals surface area contributed by atoms with Gasteiger partial charge in [-0.2, -0.15) is 5.10 Å². The van der Waals surface area contributed by atoms with Gasteiger partial charge in [0.25, 0.3) is 5.91 Å². The minimum absolute atomic E-state index is 0.00339. The molecule has 7 nitrogen and oxygen atoms in total. The summed E-state index contributed by atoms with van der Waals surface area (Å²) in [6.07, 6.45) is 0.812. The van der Waals surface area contributed by atoms with Gasteiger partial charge in [-0.15, -0.1) is 0 Å². The second-order valence-electron chi connectivity index (χ2n) is 6.67. The van der Waals surface area contributed by atoms with Crippen LogP contribution in [0.15, 0.2) is 39.9 Å². The first-order valence-electron chi connectivity index (χ1n) is 8.66. The fourth-order valence-electron chi connectivity index (χ4n) is 3.91. The summed E-state index contributed by atoms with van der Waals surface area (Å²) < 4.78 is 2.74. The highest BCUT2D eigenvalue weighted by molar-refractivity contribution is 5.94. The number of fused-ring (bicyclic) bond motifs is 3. The standard InChI is InChI=1S/C18H20N4O3/c1-2-22-18(25)17(24)21-10-13-8-9-20(11-14(13)15(21)19-22)16(23)12-6-4-3-5-7-12/h3-7,13-14H,2,8-11H2,1H3/t13-,14+/m1/s1. The van der Waals surface area contributed by atoms with Crippen molar-refractivity contribution in [2.75, 3.05) is 13.1 Å². The number of nitrogens with zero attached hydrogens (tertiary/aromatic N) is 4. The van der Waals surface area contributed by atoms with Crippen LogP contribution in [0.4, 0.5) is 0 Å². The zero-order valence-electron chi connectivity index (χ0n) is 14.1. The fourth-order valence-corrected chi connectivity index (χ4v) is 3.91. The molecule has 1 aromatic carbocycles. The number of piperidine rings is 1. The Kier molecular flexibility index (Phi) is 3.78. The van der Waals surface area contributed by atoms with Crippen LogP contribution in [-0.2, 0) is 13.1 Å². The molecular formula is C18H20N4O3. The van der Waals surface area contributed by atoms with E-state index in [0.29, 0.717) is 37.6 Å². The number of aromatic nitrogens is 3. The molecule has 7 heteroatoms. The quantitative estimate of drug-likeness (QED) is 0.754. The lowest BCUT2D eigenvalue weighted by Crippen LogP contribution is -2.44. The van der Waals surface area contributed by atoms with Gasteiger partial charge in [-0.05, 0) is 31.4 Å². The zero-order chi connectivity index (χ0) is 17.6. The smallest absolute Gasteiger partial charge is 0.332 e. The van der Waals surface area contributed by atoms with Gasteiger partial charge in [-0.25, -0.2) is 4.68 Å². The van der Waals surface area contributed by atoms with Crippen molar-refractivity contribution in [3.05, 3.63) is 62.4 Å². The maximum absolute atomic E-state index is 12.7. The third-order valence-electron chi connectivity index (χ3n) is 5.27. The maximum Gasteiger partial charge on any atom is 0.332 e. The van der Waals surface area contributed by atoms with Gasteiger partial charge in [0, 0.05) is 37.7 Å². The Labute approximate surface area is 144 Å². The molecule has 0 unspecified atom stereocenters. The molecule has 2 aliphatic heterocycles. The highest BCUT2D eigenvalue weighted by Crippen LogP contribution is 2.37. The zero-order valence-corrected chi connectivity index (χ0v) is 14.1. The van der Waals surface area contributed by atoms with Gasteiger partial charge >= 0.3 is 11.1 Å². The maximum atomic E-state index is 12.7. The van der Waals surface area contributed by atoms with E-state index in [2.05, 4.69) is 5.10 Å². The molecule has 0 spiro atoms. The molecule has 1 fully saturated rings. The van der Waals surface area contributed by atoms with Crippen molar-refractivity contribution >= 4 is 5.91 Å². The van der Waals surface area contributed by atoms with E-state index in [1.54, 1.807) is 6.92 Å². The lowest BCUT2D eigenvalue weighted by Gasteiger charge is -2.34. The van der Waals surface area contributed by atoms with Crippen molar-refractivity contribution < 1.29 is 4.79 Å². The molecule has 130 valence electrons. The second-order valence-corrected chi connectivity index (χ2v) is 6.67. The molecule has 1 amide bonds. The van der Waals surface area contributed by atoms with Crippen LogP contribution in [0.5, 0.6) is 0 Å². The molecule has 2 aromatic rings. The first-order chi connectivity index (χ1) is 12.1. The lowest BCUT2D eigenvalue weighted by atomic mass is 9.87. The minimum Gasteiger partial charge on any atom is -0.338 e. The predicted octanol–water partition coefficient (Wildman–Crippen LogP) is 0.684. The lowest BCUT2D eigenvalue weighted by molar-refractivity contribution is 0.0667. The minimum atomic E-state index is -0.567. The van der Waals surface area contributed by atoms with Crippen molar-refractivity contribution in [1.82, 2.24) is 19.2 Å². The fraction of sp³-hybridized carbons (Fsp3) is 0.444. The average molecular weight is 340 g/mol. The molecule has 1 saturated heterocycles. The van der Waals surface area contributed by atoms with Crippen molar-refractivity contribution in [3.63, 3.8) is 0 Å². The third-order valence-corrected chi connectivity index (χ3v) is 5.27. The number of hydrogen-bond donors (Lipinski definition) is 0. The summed E-state index contributed by atoms with van der Waals surface area (Å²) in [5, 5.41) is 4.41. The van der Waals surface area contributed by atoms with Crippen LogP contribution in [0.25, 0.3) is 0 Å². The summed E-state index contributed by atoms with van der Waals surface area (Å²) in [7, 11) is 0. The molecule has 3 heterocycles. The van der Waals surface area contributed by atoms with Gasteiger partial charge in [-0.1, -0.05) is 18.2 Å². The Morgan fingerprint density at radius 2 is 1.92 bits per heavy atom. The second kappa shape index (κ2) is 5.98. The summed E-state index contributed by atoms with van der Waals surface area (Å²) in [4.78, 5) is 38.9. The Morgan fingerprint density at radius 3 is 2.64 bits per heavy atom. The van der Waals surface area contributed by atoms with E-state index in [0.717, 1.165) is 6.42 Å². The van der Waals surface area contributed by atoms with Crippen LogP contribution in [0.2, 0.25) is 0 Å². The monoisotopic (exact) mass is 340 g/mol. The highest BCUT2D eigenvalue weighted by atomic mass is 16.2. The summed E-state index contributed by atoms with van der Waals surface area (Å²) in [6.45, 7) is 3.89. The van der Waals surface area contributed by atoms with E-state index >= 15 is 0 Å². The van der Waals surface area contributed by atoms with Crippen LogP contribution in [0, 0.1) is 5.92 Å². The van der Waals surface area contributed by atoms with Crippen LogP contribution in [0.3, 0.4) is 0 Å². The Morgan fingerprint density at radius 1 is 1.16 bits per heavy atom. The molecular weight excluding hydrogens is 320 g/mol. The van der Waals surface area contributed by atoms with Gasteiger partial charge < -0.3 is 4.90 Å². The summed E-state index contributed by atoms with van der Waals surface area (Å²) >= 11 is 0. The SMILES string of the molecule is CCn1nc2n(c(=O)c1=O)C[C@H]1CCN(C(=O)c3ccccc3)C[C@H]21. The number of carbonyl (C=O) groups is 1. The molecule has 25 heavy (non-hydrogen) atoms.